The Labute approximate surface area is 159 Å². The number of hydrogen-bond donors (Lipinski definition) is 2. The van der Waals surface area contributed by atoms with Crippen LogP contribution in [0.15, 0.2) is 18.2 Å². The van der Waals surface area contributed by atoms with Crippen molar-refractivity contribution in [3.63, 3.8) is 0 Å². The molecule has 2 saturated carbocycles. The maximum Gasteiger partial charge on any atom is 0.227 e. The molecule has 26 heavy (non-hydrogen) atoms. The van der Waals surface area contributed by atoms with E-state index < -0.39 is 0 Å². The monoisotopic (exact) mass is 378 g/mol. The molecule has 2 aliphatic carbocycles. The van der Waals surface area contributed by atoms with Gasteiger partial charge in [0.1, 0.15) is 5.75 Å². The minimum absolute atomic E-state index is 0.000819. The zero-order valence-electron chi connectivity index (χ0n) is 15.2. The van der Waals surface area contributed by atoms with Gasteiger partial charge in [0, 0.05) is 23.6 Å². The number of benzene rings is 1. The van der Waals surface area contributed by atoms with Crippen molar-refractivity contribution in [3.8, 4) is 5.75 Å². The minimum Gasteiger partial charge on any atom is -0.495 e. The number of carbonyl (C=O) groups is 2. The predicted octanol–water partition coefficient (Wildman–Crippen LogP) is 4.15. The van der Waals surface area contributed by atoms with Crippen molar-refractivity contribution in [1.29, 1.82) is 0 Å². The quantitative estimate of drug-likeness (QED) is 0.808. The Hall–Kier alpha value is -1.75. The van der Waals surface area contributed by atoms with Crippen molar-refractivity contribution in [3.05, 3.63) is 23.2 Å². The van der Waals surface area contributed by atoms with E-state index in [1.807, 2.05) is 0 Å². The topological polar surface area (TPSA) is 67.4 Å². The maximum atomic E-state index is 12.5. The number of methoxy groups -OCH3 is 1. The van der Waals surface area contributed by atoms with Gasteiger partial charge in [0.15, 0.2) is 0 Å². The molecule has 1 aromatic rings. The first-order chi connectivity index (χ1) is 12.6. The highest BCUT2D eigenvalue weighted by atomic mass is 35.5. The Bertz CT molecular complexity index is 650. The fourth-order valence-electron chi connectivity index (χ4n) is 4.00. The summed E-state index contributed by atoms with van der Waals surface area (Å²) < 4.78 is 5.12. The number of ether oxygens (including phenoxy) is 1. The minimum atomic E-state index is -0.0496. The Balaban J connectivity index is 1.47. The number of hydrogen-bond acceptors (Lipinski definition) is 3. The van der Waals surface area contributed by atoms with Crippen LogP contribution in [0.2, 0.25) is 5.02 Å². The van der Waals surface area contributed by atoms with Crippen LogP contribution in [0.4, 0.5) is 5.69 Å². The lowest BCUT2D eigenvalue weighted by molar-refractivity contribution is -0.129. The van der Waals surface area contributed by atoms with E-state index in [1.54, 1.807) is 25.3 Å². The molecule has 0 aliphatic heterocycles. The molecule has 6 heteroatoms. The van der Waals surface area contributed by atoms with Gasteiger partial charge in [-0.05, 0) is 56.7 Å². The maximum absolute atomic E-state index is 12.5. The van der Waals surface area contributed by atoms with E-state index in [2.05, 4.69) is 10.6 Å². The zero-order valence-corrected chi connectivity index (χ0v) is 16.0. The first-order valence-corrected chi connectivity index (χ1v) is 9.89. The summed E-state index contributed by atoms with van der Waals surface area (Å²) in [5, 5.41) is 6.58. The zero-order chi connectivity index (χ0) is 18.5. The van der Waals surface area contributed by atoms with Crippen LogP contribution in [-0.2, 0) is 9.59 Å². The Morgan fingerprint density at radius 2 is 1.62 bits per heavy atom. The van der Waals surface area contributed by atoms with Crippen molar-refractivity contribution in [2.24, 2.45) is 11.8 Å². The van der Waals surface area contributed by atoms with Crippen LogP contribution < -0.4 is 15.4 Å². The molecule has 0 spiro atoms. The molecule has 2 amide bonds. The third-order valence-electron chi connectivity index (χ3n) is 5.59. The molecule has 0 atom stereocenters. The van der Waals surface area contributed by atoms with Crippen molar-refractivity contribution in [1.82, 2.24) is 5.32 Å². The van der Waals surface area contributed by atoms with Gasteiger partial charge in [-0.15, -0.1) is 0 Å². The molecule has 0 bridgehead atoms. The first-order valence-electron chi connectivity index (χ1n) is 9.51. The van der Waals surface area contributed by atoms with Crippen LogP contribution in [0.25, 0.3) is 0 Å². The summed E-state index contributed by atoms with van der Waals surface area (Å²) in [5.74, 6) is 0.763. The van der Waals surface area contributed by atoms with Crippen LogP contribution in [-0.4, -0.2) is 25.0 Å². The van der Waals surface area contributed by atoms with Crippen LogP contribution in [0, 0.1) is 11.8 Å². The molecule has 0 heterocycles. The predicted molar refractivity (Wildman–Crippen MR) is 102 cm³/mol. The molecule has 0 radical (unpaired) electrons. The van der Waals surface area contributed by atoms with Gasteiger partial charge in [0.2, 0.25) is 11.8 Å². The summed E-state index contributed by atoms with van der Waals surface area (Å²) in [6, 6.07) is 5.58. The molecule has 1 aromatic carbocycles. The van der Waals surface area contributed by atoms with Crippen LogP contribution in [0.1, 0.15) is 51.4 Å². The molecule has 0 aromatic heterocycles. The average Bonchev–Trinajstić information content (AvgIpc) is 3.15. The lowest BCUT2D eigenvalue weighted by Crippen LogP contribution is -2.39. The standard InChI is InChI=1S/C20H27ClN2O3/c1-26-18-11-10-16(12-17(18)21)23-20(25)14-8-6-13(7-9-14)19(24)22-15-4-2-3-5-15/h10-15H,2-9H2,1H3,(H,22,24)(H,23,25). The fourth-order valence-corrected chi connectivity index (χ4v) is 4.25. The molecule has 2 fully saturated rings. The second-order valence-corrected chi connectivity index (χ2v) is 7.78. The van der Waals surface area contributed by atoms with E-state index in [0.717, 1.165) is 38.5 Å². The lowest BCUT2D eigenvalue weighted by Gasteiger charge is -2.28. The van der Waals surface area contributed by atoms with Crippen LogP contribution in [0.5, 0.6) is 5.75 Å². The molecule has 2 aliphatic rings. The molecule has 142 valence electrons. The number of rotatable bonds is 5. The molecule has 2 N–H and O–H groups in total. The SMILES string of the molecule is COc1ccc(NC(=O)C2CCC(C(=O)NC3CCCC3)CC2)cc1Cl. The number of nitrogens with one attached hydrogen (secondary N) is 2. The van der Waals surface area contributed by atoms with E-state index in [-0.39, 0.29) is 23.7 Å². The number of halogens is 1. The first kappa shape index (κ1) is 19.0. The summed E-state index contributed by atoms with van der Waals surface area (Å²) >= 11 is 6.10. The molecule has 0 saturated heterocycles. The normalized spacial score (nSPS) is 23.5. The van der Waals surface area contributed by atoms with Crippen molar-refractivity contribution < 1.29 is 14.3 Å². The van der Waals surface area contributed by atoms with Crippen molar-refractivity contribution in [2.45, 2.75) is 57.4 Å². The summed E-state index contributed by atoms with van der Waals surface area (Å²) in [5.41, 5.74) is 0.668. The number of carbonyl (C=O) groups excluding carboxylic acids is 2. The largest absolute Gasteiger partial charge is 0.495 e. The van der Waals surface area contributed by atoms with E-state index in [1.165, 1.54) is 12.8 Å². The van der Waals surface area contributed by atoms with Crippen molar-refractivity contribution >= 4 is 29.1 Å². The molecular weight excluding hydrogens is 352 g/mol. The van der Waals surface area contributed by atoms with Crippen molar-refractivity contribution in [2.75, 3.05) is 12.4 Å². The Morgan fingerprint density at radius 1 is 1.00 bits per heavy atom. The second-order valence-electron chi connectivity index (χ2n) is 7.38. The molecule has 3 rings (SSSR count). The van der Waals surface area contributed by atoms with E-state index in [9.17, 15) is 9.59 Å². The number of amides is 2. The van der Waals surface area contributed by atoms with Gasteiger partial charge in [0.05, 0.1) is 12.1 Å². The third kappa shape index (κ3) is 4.70. The van der Waals surface area contributed by atoms with Crippen LogP contribution in [0.3, 0.4) is 0 Å². The van der Waals surface area contributed by atoms with Gasteiger partial charge in [-0.2, -0.15) is 0 Å². The Kier molecular flexibility index (Phi) is 6.41. The fraction of sp³-hybridized carbons (Fsp3) is 0.600. The summed E-state index contributed by atoms with van der Waals surface area (Å²) in [7, 11) is 1.56. The summed E-state index contributed by atoms with van der Waals surface area (Å²) in [6.07, 6.45) is 7.69. The van der Waals surface area contributed by atoms with Gasteiger partial charge >= 0.3 is 0 Å². The third-order valence-corrected chi connectivity index (χ3v) is 5.89. The van der Waals surface area contributed by atoms with Crippen LogP contribution >= 0.6 is 11.6 Å². The highest BCUT2D eigenvalue weighted by molar-refractivity contribution is 6.32. The van der Waals surface area contributed by atoms with Gasteiger partial charge in [-0.3, -0.25) is 9.59 Å². The molecule has 5 nitrogen and oxygen atoms in total. The van der Waals surface area contributed by atoms with E-state index in [0.29, 0.717) is 22.5 Å². The van der Waals surface area contributed by atoms with E-state index in [4.69, 9.17) is 16.3 Å². The molecule has 0 unspecified atom stereocenters. The summed E-state index contributed by atoms with van der Waals surface area (Å²) in [4.78, 5) is 24.9. The second kappa shape index (κ2) is 8.76. The Morgan fingerprint density at radius 3 is 2.19 bits per heavy atom. The van der Waals surface area contributed by atoms with Gasteiger partial charge in [0.25, 0.3) is 0 Å². The lowest BCUT2D eigenvalue weighted by atomic mass is 9.81. The number of anilines is 1. The van der Waals surface area contributed by atoms with Gasteiger partial charge in [-0.25, -0.2) is 0 Å². The molecular formula is C20H27ClN2O3. The highest BCUT2D eigenvalue weighted by Gasteiger charge is 2.31. The van der Waals surface area contributed by atoms with E-state index >= 15 is 0 Å². The highest BCUT2D eigenvalue weighted by Crippen LogP contribution is 2.32. The summed E-state index contributed by atoms with van der Waals surface area (Å²) in [6.45, 7) is 0. The van der Waals surface area contributed by atoms with Gasteiger partial charge in [-0.1, -0.05) is 24.4 Å². The van der Waals surface area contributed by atoms with Gasteiger partial charge < -0.3 is 15.4 Å². The smallest absolute Gasteiger partial charge is 0.227 e. The average molecular weight is 379 g/mol.